The molecular formula is C14H21BrN2O2. The summed E-state index contributed by atoms with van der Waals surface area (Å²) in [5.74, 6) is 0.581. The van der Waals surface area contributed by atoms with Crippen molar-refractivity contribution in [1.29, 1.82) is 0 Å². The van der Waals surface area contributed by atoms with Crippen molar-refractivity contribution >= 4 is 21.8 Å². The van der Waals surface area contributed by atoms with E-state index in [2.05, 4.69) is 28.2 Å². The molecule has 1 aromatic rings. The van der Waals surface area contributed by atoms with Gasteiger partial charge in [0.2, 0.25) is 0 Å². The number of nitrogens with two attached hydrogens (primary N) is 1. The van der Waals surface area contributed by atoms with Crippen molar-refractivity contribution in [3.05, 3.63) is 28.2 Å². The smallest absolute Gasteiger partial charge is 0.257 e. The number of rotatable bonds is 8. The number of carbonyl (C=O) groups excluding carboxylic acids is 1. The van der Waals surface area contributed by atoms with Crippen LogP contribution in [0.2, 0.25) is 0 Å². The molecule has 0 atom stereocenters. The molecule has 0 aliphatic rings. The van der Waals surface area contributed by atoms with Crippen LogP contribution in [0.1, 0.15) is 25.3 Å². The van der Waals surface area contributed by atoms with E-state index in [9.17, 15) is 4.79 Å². The Morgan fingerprint density at radius 1 is 1.47 bits per heavy atom. The number of ether oxygens (including phenoxy) is 1. The molecule has 0 unspecified atom stereocenters. The van der Waals surface area contributed by atoms with Gasteiger partial charge in [0.1, 0.15) is 5.75 Å². The first-order valence-electron chi connectivity index (χ1n) is 6.55. The quantitative estimate of drug-likeness (QED) is 0.719. The zero-order valence-electron chi connectivity index (χ0n) is 11.2. The molecule has 1 aromatic carbocycles. The third kappa shape index (κ3) is 6.07. The lowest BCUT2D eigenvalue weighted by Crippen LogP contribution is -2.29. The van der Waals surface area contributed by atoms with Crippen LogP contribution in [-0.4, -0.2) is 25.6 Å². The summed E-state index contributed by atoms with van der Waals surface area (Å²) in [4.78, 5) is 11.5. The largest absolute Gasteiger partial charge is 0.483 e. The minimum atomic E-state index is -0.0913. The van der Waals surface area contributed by atoms with E-state index in [0.717, 1.165) is 29.3 Å². The van der Waals surface area contributed by atoms with Crippen molar-refractivity contribution in [2.45, 2.75) is 26.2 Å². The van der Waals surface area contributed by atoms with E-state index in [1.165, 1.54) is 0 Å². The molecule has 0 saturated carbocycles. The topological polar surface area (TPSA) is 64.3 Å². The van der Waals surface area contributed by atoms with E-state index >= 15 is 0 Å². The highest BCUT2D eigenvalue weighted by Gasteiger charge is 2.06. The van der Waals surface area contributed by atoms with Crippen LogP contribution < -0.4 is 15.8 Å². The minimum absolute atomic E-state index is 0.0402. The van der Waals surface area contributed by atoms with Gasteiger partial charge in [0.15, 0.2) is 6.61 Å². The maximum absolute atomic E-state index is 11.5. The molecule has 0 fully saturated rings. The molecule has 0 saturated heterocycles. The third-order valence-electron chi connectivity index (χ3n) is 2.64. The highest BCUT2D eigenvalue weighted by Crippen LogP contribution is 2.26. The number of hydrogen-bond acceptors (Lipinski definition) is 3. The van der Waals surface area contributed by atoms with E-state index in [1.54, 1.807) is 0 Å². The number of carbonyl (C=O) groups is 1. The van der Waals surface area contributed by atoms with Gasteiger partial charge in [0.05, 0.1) is 4.47 Å². The Bertz CT molecular complexity index is 410. The Kier molecular flexibility index (Phi) is 7.52. The van der Waals surface area contributed by atoms with Crippen LogP contribution in [0.25, 0.3) is 0 Å². The predicted molar refractivity (Wildman–Crippen MR) is 80.3 cm³/mol. The van der Waals surface area contributed by atoms with E-state index in [4.69, 9.17) is 10.5 Å². The summed E-state index contributed by atoms with van der Waals surface area (Å²) >= 11 is 3.43. The van der Waals surface area contributed by atoms with Crippen molar-refractivity contribution < 1.29 is 9.53 Å². The molecule has 106 valence electrons. The van der Waals surface area contributed by atoms with Crippen LogP contribution in [0.3, 0.4) is 0 Å². The summed E-state index contributed by atoms with van der Waals surface area (Å²) in [6.07, 6.45) is 2.88. The summed E-state index contributed by atoms with van der Waals surface area (Å²) in [6, 6.07) is 5.79. The lowest BCUT2D eigenvalue weighted by molar-refractivity contribution is -0.123. The van der Waals surface area contributed by atoms with Gasteiger partial charge in [-0.2, -0.15) is 0 Å². The first kappa shape index (κ1) is 16.0. The van der Waals surface area contributed by atoms with Crippen LogP contribution in [0, 0.1) is 0 Å². The second kappa shape index (κ2) is 8.93. The zero-order chi connectivity index (χ0) is 14.1. The number of unbranched alkanes of at least 4 members (excludes halogenated alkanes) is 1. The standard InChI is InChI=1S/C14H21BrN2O2/c1-2-3-8-17-14(18)10-19-13-5-4-11(6-7-16)9-12(13)15/h4-5,9H,2-3,6-8,10,16H2,1H3,(H,17,18). The van der Waals surface area contributed by atoms with Crippen LogP contribution in [0.15, 0.2) is 22.7 Å². The van der Waals surface area contributed by atoms with E-state index in [1.807, 2.05) is 18.2 Å². The van der Waals surface area contributed by atoms with E-state index in [0.29, 0.717) is 18.8 Å². The second-order valence-electron chi connectivity index (χ2n) is 4.30. The Balaban J connectivity index is 2.42. The highest BCUT2D eigenvalue weighted by atomic mass is 79.9. The molecule has 0 aromatic heterocycles. The molecule has 4 nitrogen and oxygen atoms in total. The van der Waals surface area contributed by atoms with Gasteiger partial charge < -0.3 is 15.8 Å². The maximum atomic E-state index is 11.5. The van der Waals surface area contributed by atoms with Gasteiger partial charge >= 0.3 is 0 Å². The summed E-state index contributed by atoms with van der Waals surface area (Å²) < 4.78 is 6.32. The maximum Gasteiger partial charge on any atom is 0.257 e. The Morgan fingerprint density at radius 2 is 2.26 bits per heavy atom. The highest BCUT2D eigenvalue weighted by molar-refractivity contribution is 9.10. The van der Waals surface area contributed by atoms with Gasteiger partial charge in [-0.1, -0.05) is 19.4 Å². The van der Waals surface area contributed by atoms with Gasteiger partial charge in [-0.3, -0.25) is 4.79 Å². The monoisotopic (exact) mass is 328 g/mol. The number of hydrogen-bond donors (Lipinski definition) is 2. The predicted octanol–water partition coefficient (Wildman–Crippen LogP) is 2.25. The molecular weight excluding hydrogens is 308 g/mol. The Morgan fingerprint density at radius 3 is 2.89 bits per heavy atom. The number of halogens is 1. The first-order valence-corrected chi connectivity index (χ1v) is 7.34. The summed E-state index contributed by atoms with van der Waals surface area (Å²) in [7, 11) is 0. The van der Waals surface area contributed by atoms with Crippen molar-refractivity contribution in [3.63, 3.8) is 0 Å². The average Bonchev–Trinajstić information content (AvgIpc) is 2.38. The van der Waals surface area contributed by atoms with Crippen molar-refractivity contribution in [2.24, 2.45) is 5.73 Å². The lowest BCUT2D eigenvalue weighted by atomic mass is 10.1. The minimum Gasteiger partial charge on any atom is -0.483 e. The molecule has 19 heavy (non-hydrogen) atoms. The van der Waals surface area contributed by atoms with E-state index in [-0.39, 0.29) is 12.5 Å². The summed E-state index contributed by atoms with van der Waals surface area (Å²) in [6.45, 7) is 3.45. The Labute approximate surface area is 122 Å². The van der Waals surface area contributed by atoms with Crippen LogP contribution >= 0.6 is 15.9 Å². The summed E-state index contributed by atoms with van der Waals surface area (Å²) in [5, 5.41) is 2.81. The van der Waals surface area contributed by atoms with Gasteiger partial charge in [-0.15, -0.1) is 0 Å². The van der Waals surface area contributed by atoms with Gasteiger partial charge in [0.25, 0.3) is 5.91 Å². The van der Waals surface area contributed by atoms with E-state index < -0.39 is 0 Å². The molecule has 0 bridgehead atoms. The second-order valence-corrected chi connectivity index (χ2v) is 5.15. The number of amides is 1. The lowest BCUT2D eigenvalue weighted by Gasteiger charge is -2.10. The first-order chi connectivity index (χ1) is 9.17. The molecule has 5 heteroatoms. The van der Waals surface area contributed by atoms with Gasteiger partial charge in [0, 0.05) is 6.54 Å². The van der Waals surface area contributed by atoms with Crippen molar-refractivity contribution in [3.8, 4) is 5.75 Å². The van der Waals surface area contributed by atoms with Crippen LogP contribution in [-0.2, 0) is 11.2 Å². The molecule has 0 heterocycles. The number of benzene rings is 1. The Hall–Kier alpha value is -1.07. The fourth-order valence-electron chi connectivity index (χ4n) is 1.58. The van der Waals surface area contributed by atoms with Gasteiger partial charge in [-0.25, -0.2) is 0 Å². The average molecular weight is 329 g/mol. The molecule has 0 aliphatic heterocycles. The van der Waals surface area contributed by atoms with Crippen LogP contribution in [0.5, 0.6) is 5.75 Å². The third-order valence-corrected chi connectivity index (χ3v) is 3.26. The molecule has 1 rings (SSSR count). The van der Waals surface area contributed by atoms with Crippen molar-refractivity contribution in [1.82, 2.24) is 5.32 Å². The molecule has 3 N–H and O–H groups in total. The van der Waals surface area contributed by atoms with Crippen LogP contribution in [0.4, 0.5) is 0 Å². The van der Waals surface area contributed by atoms with Gasteiger partial charge in [-0.05, 0) is 53.0 Å². The molecule has 0 spiro atoms. The SMILES string of the molecule is CCCCNC(=O)COc1ccc(CCN)cc1Br. The number of nitrogens with one attached hydrogen (secondary N) is 1. The molecule has 1 amide bonds. The fourth-order valence-corrected chi connectivity index (χ4v) is 2.12. The normalized spacial score (nSPS) is 10.3. The fraction of sp³-hybridized carbons (Fsp3) is 0.500. The zero-order valence-corrected chi connectivity index (χ0v) is 12.8. The molecule has 0 aliphatic carbocycles. The molecule has 0 radical (unpaired) electrons. The van der Waals surface area contributed by atoms with Crippen molar-refractivity contribution in [2.75, 3.05) is 19.7 Å². The summed E-state index contributed by atoms with van der Waals surface area (Å²) in [5.41, 5.74) is 6.65.